The number of urea groups is 1. The van der Waals surface area contributed by atoms with Gasteiger partial charge in [-0.25, -0.2) is 14.6 Å². The largest absolute Gasteiger partial charge is 0.458 e. The van der Waals surface area contributed by atoms with E-state index in [9.17, 15) is 14.9 Å². The van der Waals surface area contributed by atoms with Crippen LogP contribution in [0.5, 0.6) is 0 Å². The molecule has 0 radical (unpaired) electrons. The molecule has 4 aromatic rings. The van der Waals surface area contributed by atoms with E-state index in [0.717, 1.165) is 21.9 Å². The van der Waals surface area contributed by atoms with Crippen molar-refractivity contribution in [1.82, 2.24) is 9.88 Å². The average Bonchev–Trinajstić information content (AvgIpc) is 3.52. The Hall–Kier alpha value is -4.14. The number of aromatic nitrogens is 1. The number of hydrogen-bond donors (Lipinski definition) is 3. The lowest BCUT2D eigenvalue weighted by molar-refractivity contribution is 0.0164. The van der Waals surface area contributed by atoms with E-state index >= 15 is 0 Å². The van der Waals surface area contributed by atoms with Gasteiger partial charge in [-0.3, -0.25) is 0 Å². The topological polar surface area (TPSA) is 147 Å². The van der Waals surface area contributed by atoms with Crippen LogP contribution in [0.3, 0.4) is 0 Å². The zero-order valence-electron chi connectivity index (χ0n) is 19.1. The first-order valence-corrected chi connectivity index (χ1v) is 12.9. The Kier molecular flexibility index (Phi) is 6.45. The minimum Gasteiger partial charge on any atom is -0.458 e. The molecule has 1 fully saturated rings. The Morgan fingerprint density at radius 2 is 1.89 bits per heavy atom. The van der Waals surface area contributed by atoms with Gasteiger partial charge in [0, 0.05) is 47.4 Å². The average molecular weight is 519 g/mol. The van der Waals surface area contributed by atoms with Crippen molar-refractivity contribution < 1.29 is 14.3 Å². The molecule has 182 valence electrons. The van der Waals surface area contributed by atoms with Crippen LogP contribution in [-0.4, -0.2) is 41.1 Å². The van der Waals surface area contributed by atoms with Gasteiger partial charge < -0.3 is 26.4 Å². The highest BCUT2D eigenvalue weighted by molar-refractivity contribution is 7.21. The van der Waals surface area contributed by atoms with Crippen LogP contribution in [0.2, 0.25) is 0 Å². The number of carbonyl (C=O) groups excluding carboxylic acids is 2. The maximum Gasteiger partial charge on any atom is 0.350 e. The first kappa shape index (κ1) is 23.6. The number of piperidine rings is 1. The molecular weight excluding hydrogens is 496 g/mol. The number of nitrogen functional groups attached to an aromatic ring is 2. The second-order valence-corrected chi connectivity index (χ2v) is 10.2. The van der Waals surface area contributed by atoms with Gasteiger partial charge in [-0.1, -0.05) is 24.3 Å². The Labute approximate surface area is 214 Å². The summed E-state index contributed by atoms with van der Waals surface area (Å²) in [5, 5.41) is 15.0. The number of anilines is 3. The number of carbonyl (C=O) groups is 2. The lowest BCUT2D eigenvalue weighted by Crippen LogP contribution is -2.43. The monoisotopic (exact) mass is 518 g/mol. The summed E-state index contributed by atoms with van der Waals surface area (Å²) in [6, 6.07) is 14.9. The lowest BCUT2D eigenvalue weighted by atomic mass is 10.0. The van der Waals surface area contributed by atoms with Crippen LogP contribution < -0.4 is 16.8 Å². The number of pyridine rings is 1. The smallest absolute Gasteiger partial charge is 0.350 e. The standard InChI is InChI=1S/C25H22N6O3S2/c26-13-16-18(17-7-4-12-35-17)19-20(27)21(36-23(19)30-22(16)28)24(32)34-15-8-10-31(11-9-15)25(33)29-14-5-2-1-3-6-14/h1-7,12,15H,8-11,27H2,(H2,28,30)(H,29,33). The quantitative estimate of drug-likeness (QED) is 0.325. The van der Waals surface area contributed by atoms with Crippen molar-refractivity contribution in [3.05, 3.63) is 58.3 Å². The summed E-state index contributed by atoms with van der Waals surface area (Å²) in [7, 11) is 0. The zero-order chi connectivity index (χ0) is 25.2. The summed E-state index contributed by atoms with van der Waals surface area (Å²) in [6.45, 7) is 0.926. The van der Waals surface area contributed by atoms with E-state index in [-0.39, 0.29) is 34.1 Å². The minimum atomic E-state index is -0.545. The fourth-order valence-electron chi connectivity index (χ4n) is 4.21. The van der Waals surface area contributed by atoms with Gasteiger partial charge in [0.05, 0.1) is 5.69 Å². The van der Waals surface area contributed by atoms with Gasteiger partial charge >= 0.3 is 12.0 Å². The number of nitrogens with two attached hydrogens (primary N) is 2. The van der Waals surface area contributed by atoms with E-state index in [1.165, 1.54) is 11.3 Å². The van der Waals surface area contributed by atoms with Gasteiger partial charge in [0.25, 0.3) is 0 Å². The summed E-state index contributed by atoms with van der Waals surface area (Å²) in [6.07, 6.45) is 0.693. The molecule has 1 aromatic carbocycles. The molecule has 2 amide bonds. The SMILES string of the molecule is N#Cc1c(N)nc2sc(C(=O)OC3CCN(C(=O)Nc4ccccc4)CC3)c(N)c2c1-c1cccs1. The van der Waals surface area contributed by atoms with Crippen molar-refractivity contribution in [1.29, 1.82) is 5.26 Å². The van der Waals surface area contributed by atoms with Crippen LogP contribution in [0, 0.1) is 11.3 Å². The van der Waals surface area contributed by atoms with Gasteiger partial charge in [0.15, 0.2) is 0 Å². The van der Waals surface area contributed by atoms with Crippen molar-refractivity contribution in [2.75, 3.05) is 29.9 Å². The zero-order valence-corrected chi connectivity index (χ0v) is 20.7. The van der Waals surface area contributed by atoms with Gasteiger partial charge in [-0.15, -0.1) is 22.7 Å². The molecule has 0 saturated carbocycles. The highest BCUT2D eigenvalue weighted by atomic mass is 32.1. The number of thiophene rings is 2. The van der Waals surface area contributed by atoms with E-state index < -0.39 is 5.97 Å². The molecule has 0 bridgehead atoms. The second-order valence-electron chi connectivity index (χ2n) is 8.25. The number of para-hydroxylation sites is 1. The number of nitriles is 1. The minimum absolute atomic E-state index is 0.0933. The van der Waals surface area contributed by atoms with Crippen LogP contribution in [0.15, 0.2) is 47.8 Å². The Morgan fingerprint density at radius 1 is 1.14 bits per heavy atom. The van der Waals surface area contributed by atoms with Crippen molar-refractivity contribution in [3.8, 4) is 16.5 Å². The lowest BCUT2D eigenvalue weighted by Gasteiger charge is -2.31. The number of hydrogen-bond acceptors (Lipinski definition) is 9. The highest BCUT2D eigenvalue weighted by Gasteiger charge is 2.29. The normalized spacial score (nSPS) is 13.9. The third-order valence-electron chi connectivity index (χ3n) is 6.00. The molecule has 3 aromatic heterocycles. The molecule has 9 nitrogen and oxygen atoms in total. The molecule has 5 rings (SSSR count). The van der Waals surface area contributed by atoms with E-state index in [2.05, 4.69) is 16.4 Å². The Balaban J connectivity index is 1.31. The number of likely N-dealkylation sites (tertiary alicyclic amines) is 1. The molecule has 4 heterocycles. The van der Waals surface area contributed by atoms with Gasteiger partial charge in [-0.2, -0.15) is 5.26 Å². The molecule has 0 unspecified atom stereocenters. The van der Waals surface area contributed by atoms with E-state index in [1.807, 2.05) is 47.8 Å². The molecule has 1 aliphatic rings. The van der Waals surface area contributed by atoms with Crippen LogP contribution in [0.1, 0.15) is 28.1 Å². The summed E-state index contributed by atoms with van der Waals surface area (Å²) < 4.78 is 5.76. The third-order valence-corrected chi connectivity index (χ3v) is 7.96. The van der Waals surface area contributed by atoms with Crippen LogP contribution in [0.4, 0.5) is 22.0 Å². The third kappa shape index (κ3) is 4.44. The molecule has 0 spiro atoms. The van der Waals surface area contributed by atoms with Crippen molar-refractivity contribution in [2.24, 2.45) is 0 Å². The molecule has 1 saturated heterocycles. The molecule has 0 aliphatic carbocycles. The number of esters is 1. The van der Waals surface area contributed by atoms with Crippen molar-refractivity contribution in [3.63, 3.8) is 0 Å². The number of rotatable bonds is 4. The number of fused-ring (bicyclic) bond motifs is 1. The van der Waals surface area contributed by atoms with Crippen LogP contribution in [-0.2, 0) is 4.74 Å². The predicted molar refractivity (Wildman–Crippen MR) is 142 cm³/mol. The maximum absolute atomic E-state index is 13.1. The fourth-order valence-corrected chi connectivity index (χ4v) is 5.99. The predicted octanol–water partition coefficient (Wildman–Crippen LogP) is 4.91. The fraction of sp³-hybridized carbons (Fsp3) is 0.200. The second kappa shape index (κ2) is 9.85. The highest BCUT2D eigenvalue weighted by Crippen LogP contribution is 2.44. The number of ether oxygens (including phenoxy) is 1. The maximum atomic E-state index is 13.1. The molecule has 11 heteroatoms. The Bertz CT molecular complexity index is 1470. The molecule has 5 N–H and O–H groups in total. The molecule has 0 atom stereocenters. The summed E-state index contributed by atoms with van der Waals surface area (Å²) >= 11 is 2.55. The number of nitrogens with one attached hydrogen (secondary N) is 1. The number of amides is 2. The summed E-state index contributed by atoms with van der Waals surface area (Å²) in [5.74, 6) is -0.451. The van der Waals surface area contributed by atoms with E-state index in [1.54, 1.807) is 4.90 Å². The number of nitrogens with zero attached hydrogens (tertiary/aromatic N) is 3. The van der Waals surface area contributed by atoms with Gasteiger partial charge in [0.1, 0.15) is 33.3 Å². The molecular formula is C25H22N6O3S2. The van der Waals surface area contributed by atoms with Gasteiger partial charge in [-0.05, 0) is 23.6 Å². The first-order chi connectivity index (χ1) is 17.5. The first-order valence-electron chi connectivity index (χ1n) is 11.2. The molecule has 36 heavy (non-hydrogen) atoms. The van der Waals surface area contributed by atoms with Crippen molar-refractivity contribution in [2.45, 2.75) is 18.9 Å². The van der Waals surface area contributed by atoms with E-state index in [0.29, 0.717) is 41.7 Å². The summed E-state index contributed by atoms with van der Waals surface area (Å²) in [5.41, 5.74) is 14.3. The van der Waals surface area contributed by atoms with Crippen LogP contribution in [0.25, 0.3) is 20.7 Å². The van der Waals surface area contributed by atoms with Gasteiger partial charge in [0.2, 0.25) is 0 Å². The van der Waals surface area contributed by atoms with Crippen molar-refractivity contribution >= 4 is 62.1 Å². The Morgan fingerprint density at radius 3 is 2.56 bits per heavy atom. The number of benzene rings is 1. The summed E-state index contributed by atoms with van der Waals surface area (Å²) in [4.78, 5) is 33.2. The molecule has 1 aliphatic heterocycles. The van der Waals surface area contributed by atoms with Crippen LogP contribution >= 0.6 is 22.7 Å². The van der Waals surface area contributed by atoms with E-state index in [4.69, 9.17) is 16.2 Å².